The van der Waals surface area contributed by atoms with Crippen molar-refractivity contribution in [3.05, 3.63) is 47.9 Å². The molecule has 1 aromatic heterocycles. The van der Waals surface area contributed by atoms with E-state index in [1.807, 2.05) is 37.6 Å². The first-order chi connectivity index (χ1) is 11.5. The maximum atomic E-state index is 12.2. The third kappa shape index (κ3) is 4.87. The van der Waals surface area contributed by atoms with Crippen molar-refractivity contribution in [1.82, 2.24) is 0 Å². The van der Waals surface area contributed by atoms with Crippen LogP contribution in [0, 0.1) is 0 Å². The smallest absolute Gasteiger partial charge is 0.373 e. The minimum Gasteiger partial charge on any atom is -0.463 e. The number of furan rings is 1. The summed E-state index contributed by atoms with van der Waals surface area (Å²) in [6.07, 6.45) is 1.97. The highest BCUT2D eigenvalue weighted by molar-refractivity contribution is 7.98. The summed E-state index contributed by atoms with van der Waals surface area (Å²) in [5.74, 6) is 0.211. The largest absolute Gasteiger partial charge is 0.463 e. The average Bonchev–Trinajstić information content (AvgIpc) is 3.02. The molecule has 6 nitrogen and oxygen atoms in total. The Morgan fingerprint density at radius 1 is 1.25 bits per heavy atom. The molecule has 1 heterocycles. The van der Waals surface area contributed by atoms with Crippen LogP contribution in [0.5, 0.6) is 0 Å². The Balaban J connectivity index is 1.89. The second kappa shape index (κ2) is 8.56. The maximum Gasteiger partial charge on any atom is 0.373 e. The van der Waals surface area contributed by atoms with E-state index in [1.165, 1.54) is 7.11 Å². The first kappa shape index (κ1) is 18.1. The number of para-hydroxylation sites is 1. The Labute approximate surface area is 145 Å². The number of carbonyl (C=O) groups is 2. The number of hydrogen-bond donors (Lipinski definition) is 2. The standard InChI is InChI=1S/C17H20N2O4S/c1-19(10-12-8-9-14(23-12)17(21)22-2)11-16(20)18-13-6-4-5-7-15(13)24-3/h4-9H,10-11H2,1-3H3,(H,18,20)/p+1. The first-order valence-corrected chi connectivity index (χ1v) is 8.67. The van der Waals surface area contributed by atoms with Crippen LogP contribution in [0.4, 0.5) is 5.69 Å². The highest BCUT2D eigenvalue weighted by Gasteiger charge is 2.16. The lowest BCUT2D eigenvalue weighted by Crippen LogP contribution is -3.08. The summed E-state index contributed by atoms with van der Waals surface area (Å²) in [6.45, 7) is 0.783. The molecule has 0 saturated carbocycles. The second-order valence-electron chi connectivity index (χ2n) is 5.32. The maximum absolute atomic E-state index is 12.2. The van der Waals surface area contributed by atoms with E-state index in [2.05, 4.69) is 10.1 Å². The zero-order valence-corrected chi connectivity index (χ0v) is 14.7. The van der Waals surface area contributed by atoms with Crippen molar-refractivity contribution >= 4 is 29.3 Å². The number of thioether (sulfide) groups is 1. The number of esters is 1. The molecular weight excluding hydrogens is 328 g/mol. The third-order valence-corrected chi connectivity index (χ3v) is 4.16. The summed E-state index contributed by atoms with van der Waals surface area (Å²) in [6, 6.07) is 11.0. The van der Waals surface area contributed by atoms with Gasteiger partial charge in [0.25, 0.3) is 5.91 Å². The van der Waals surface area contributed by atoms with Crippen LogP contribution in [0.1, 0.15) is 16.3 Å². The number of quaternary nitrogens is 1. The Morgan fingerprint density at radius 2 is 2.00 bits per heavy atom. The number of nitrogens with one attached hydrogen (secondary N) is 2. The molecule has 0 fully saturated rings. The van der Waals surface area contributed by atoms with Gasteiger partial charge in [0.15, 0.2) is 12.3 Å². The molecular formula is C17H21N2O4S+. The number of hydrogen-bond acceptors (Lipinski definition) is 5. The van der Waals surface area contributed by atoms with Crippen molar-refractivity contribution in [3.8, 4) is 0 Å². The molecule has 0 bridgehead atoms. The van der Waals surface area contributed by atoms with Crippen molar-refractivity contribution in [2.75, 3.05) is 32.3 Å². The molecule has 24 heavy (non-hydrogen) atoms. The summed E-state index contributed by atoms with van der Waals surface area (Å²) in [4.78, 5) is 25.5. The molecule has 0 saturated heterocycles. The minimum absolute atomic E-state index is 0.0752. The fraction of sp³-hybridized carbons (Fsp3) is 0.294. The van der Waals surface area contributed by atoms with Gasteiger partial charge in [0, 0.05) is 4.90 Å². The molecule has 0 aliphatic carbocycles. The molecule has 0 spiro atoms. The van der Waals surface area contributed by atoms with Crippen LogP contribution in [0.3, 0.4) is 0 Å². The van der Waals surface area contributed by atoms with E-state index in [0.29, 0.717) is 12.3 Å². The summed E-state index contributed by atoms with van der Waals surface area (Å²) >= 11 is 1.59. The fourth-order valence-electron chi connectivity index (χ4n) is 2.26. The highest BCUT2D eigenvalue weighted by Crippen LogP contribution is 2.24. The van der Waals surface area contributed by atoms with E-state index in [0.717, 1.165) is 15.5 Å². The predicted octanol–water partition coefficient (Wildman–Crippen LogP) is 1.44. The second-order valence-corrected chi connectivity index (χ2v) is 6.16. The Bertz CT molecular complexity index is 714. The molecule has 0 aliphatic rings. The van der Waals surface area contributed by atoms with E-state index in [-0.39, 0.29) is 18.2 Å². The number of rotatable bonds is 7. The van der Waals surface area contributed by atoms with Crippen molar-refractivity contribution in [1.29, 1.82) is 0 Å². The zero-order valence-electron chi connectivity index (χ0n) is 13.9. The Kier molecular flexibility index (Phi) is 6.45. The van der Waals surface area contributed by atoms with Gasteiger partial charge in [-0.05, 0) is 30.5 Å². The van der Waals surface area contributed by atoms with Gasteiger partial charge >= 0.3 is 5.97 Å². The molecule has 0 aliphatic heterocycles. The predicted molar refractivity (Wildman–Crippen MR) is 92.4 cm³/mol. The van der Waals surface area contributed by atoms with E-state index in [1.54, 1.807) is 23.9 Å². The van der Waals surface area contributed by atoms with E-state index in [4.69, 9.17) is 4.42 Å². The van der Waals surface area contributed by atoms with Gasteiger partial charge in [-0.25, -0.2) is 4.79 Å². The number of anilines is 1. The van der Waals surface area contributed by atoms with Gasteiger partial charge in [0.2, 0.25) is 5.76 Å². The van der Waals surface area contributed by atoms with Gasteiger partial charge in [-0.1, -0.05) is 12.1 Å². The van der Waals surface area contributed by atoms with Crippen LogP contribution < -0.4 is 10.2 Å². The number of ether oxygens (including phenoxy) is 1. The van der Waals surface area contributed by atoms with Crippen LogP contribution in [0.2, 0.25) is 0 Å². The lowest BCUT2D eigenvalue weighted by atomic mass is 10.3. The van der Waals surface area contributed by atoms with Crippen LogP contribution in [-0.2, 0) is 16.1 Å². The van der Waals surface area contributed by atoms with Crippen LogP contribution in [0.15, 0.2) is 45.7 Å². The molecule has 1 aromatic carbocycles. The normalized spacial score (nSPS) is 11.8. The molecule has 1 unspecified atom stereocenters. The van der Waals surface area contributed by atoms with Gasteiger partial charge in [-0.15, -0.1) is 11.8 Å². The molecule has 0 radical (unpaired) electrons. The van der Waals surface area contributed by atoms with Crippen LogP contribution in [0.25, 0.3) is 0 Å². The van der Waals surface area contributed by atoms with Gasteiger partial charge in [-0.2, -0.15) is 0 Å². The third-order valence-electron chi connectivity index (χ3n) is 3.37. The van der Waals surface area contributed by atoms with Gasteiger partial charge in [0.1, 0.15) is 6.54 Å². The summed E-state index contributed by atoms with van der Waals surface area (Å²) in [5, 5.41) is 2.93. The molecule has 2 rings (SSSR count). The molecule has 1 amide bonds. The number of carbonyl (C=O) groups excluding carboxylic acids is 2. The molecule has 2 N–H and O–H groups in total. The van der Waals surface area contributed by atoms with E-state index >= 15 is 0 Å². The van der Waals surface area contributed by atoms with E-state index < -0.39 is 5.97 Å². The Hall–Kier alpha value is -2.25. The monoisotopic (exact) mass is 349 g/mol. The zero-order chi connectivity index (χ0) is 17.5. The van der Waals surface area contributed by atoms with Crippen LogP contribution >= 0.6 is 11.8 Å². The summed E-state index contributed by atoms with van der Waals surface area (Å²) in [5.41, 5.74) is 0.814. The SMILES string of the molecule is COC(=O)c1ccc(C[NH+](C)CC(=O)Nc2ccccc2SC)o1. The van der Waals surface area contributed by atoms with E-state index in [9.17, 15) is 9.59 Å². The number of amides is 1. The number of benzene rings is 1. The van der Waals surface area contributed by atoms with Gasteiger partial charge in [0.05, 0.1) is 19.8 Å². The van der Waals surface area contributed by atoms with Gasteiger partial charge in [-0.3, -0.25) is 4.79 Å². The number of methoxy groups -OCH3 is 1. The van der Waals surface area contributed by atoms with Crippen LogP contribution in [-0.4, -0.2) is 38.8 Å². The fourth-order valence-corrected chi connectivity index (χ4v) is 2.81. The topological polar surface area (TPSA) is 73.0 Å². The van der Waals surface area contributed by atoms with Crippen molar-refractivity contribution < 1.29 is 23.6 Å². The minimum atomic E-state index is -0.509. The molecule has 128 valence electrons. The number of likely N-dealkylation sites (N-methyl/N-ethyl adjacent to an activating group) is 1. The quantitative estimate of drug-likeness (QED) is 0.585. The molecule has 1 atom stereocenters. The molecule has 2 aromatic rings. The summed E-state index contributed by atoms with van der Waals surface area (Å²) < 4.78 is 10.0. The first-order valence-electron chi connectivity index (χ1n) is 7.44. The summed E-state index contributed by atoms with van der Waals surface area (Å²) in [7, 11) is 3.19. The highest BCUT2D eigenvalue weighted by atomic mass is 32.2. The van der Waals surface area contributed by atoms with Crippen molar-refractivity contribution in [2.45, 2.75) is 11.4 Å². The van der Waals surface area contributed by atoms with Crippen molar-refractivity contribution in [3.63, 3.8) is 0 Å². The average molecular weight is 349 g/mol. The lowest BCUT2D eigenvalue weighted by Gasteiger charge is -2.13. The Morgan fingerprint density at radius 3 is 2.71 bits per heavy atom. The van der Waals surface area contributed by atoms with Gasteiger partial charge < -0.3 is 19.4 Å². The lowest BCUT2D eigenvalue weighted by molar-refractivity contribution is -0.886. The molecule has 7 heteroatoms. The van der Waals surface area contributed by atoms with Crippen molar-refractivity contribution in [2.24, 2.45) is 0 Å².